The monoisotopic (exact) mass is 498 g/mol. The van der Waals surface area contributed by atoms with Crippen molar-refractivity contribution >= 4 is 39.4 Å². The van der Waals surface area contributed by atoms with E-state index >= 15 is 0 Å². The van der Waals surface area contributed by atoms with Crippen LogP contribution in [-0.4, -0.2) is 45.5 Å². The van der Waals surface area contributed by atoms with Crippen LogP contribution in [-0.2, 0) is 21.4 Å². The van der Waals surface area contributed by atoms with Crippen LogP contribution in [0.15, 0.2) is 82.8 Å². The number of nitrogens with zero attached hydrogens (tertiary/aromatic N) is 3. The van der Waals surface area contributed by atoms with Crippen LogP contribution in [0.5, 0.6) is 0 Å². The lowest BCUT2D eigenvalue weighted by molar-refractivity contribution is -0.121. The number of nitrogens with one attached hydrogen (secondary N) is 1. The van der Waals surface area contributed by atoms with Crippen molar-refractivity contribution in [2.45, 2.75) is 18.4 Å². The zero-order valence-corrected chi connectivity index (χ0v) is 20.8. The predicted molar refractivity (Wildman–Crippen MR) is 137 cm³/mol. The molecule has 0 spiro atoms. The number of halogens is 1. The number of rotatable bonds is 9. The van der Waals surface area contributed by atoms with Gasteiger partial charge in [0.2, 0.25) is 10.0 Å². The van der Waals surface area contributed by atoms with Crippen LogP contribution in [0, 0.1) is 6.92 Å². The Morgan fingerprint density at radius 3 is 2.32 bits per heavy atom. The van der Waals surface area contributed by atoms with Crippen molar-refractivity contribution in [2.24, 2.45) is 5.10 Å². The average molecular weight is 499 g/mol. The first-order valence-electron chi connectivity index (χ1n) is 10.6. The summed E-state index contributed by atoms with van der Waals surface area (Å²) in [6, 6.07) is 21.0. The summed E-state index contributed by atoms with van der Waals surface area (Å²) in [7, 11) is -0.0461. The maximum Gasteiger partial charge on any atom is 0.255 e. The molecule has 1 N–H and O–H groups in total. The van der Waals surface area contributed by atoms with E-state index in [4.69, 9.17) is 11.6 Å². The molecule has 3 rings (SSSR count). The molecule has 0 aliphatic heterocycles. The van der Waals surface area contributed by atoms with Crippen molar-refractivity contribution in [2.75, 3.05) is 25.5 Å². The maximum absolute atomic E-state index is 13.3. The summed E-state index contributed by atoms with van der Waals surface area (Å²) < 4.78 is 27.8. The van der Waals surface area contributed by atoms with E-state index in [1.165, 1.54) is 18.3 Å². The van der Waals surface area contributed by atoms with Gasteiger partial charge in [0.15, 0.2) is 0 Å². The van der Waals surface area contributed by atoms with Gasteiger partial charge in [-0.3, -0.25) is 4.79 Å². The van der Waals surface area contributed by atoms with Gasteiger partial charge in [-0.1, -0.05) is 53.6 Å². The molecule has 9 heteroatoms. The van der Waals surface area contributed by atoms with Gasteiger partial charge in [-0.05, 0) is 54.4 Å². The molecule has 0 fully saturated rings. The first-order valence-corrected chi connectivity index (χ1v) is 12.4. The van der Waals surface area contributed by atoms with Crippen LogP contribution in [0.4, 0.5) is 5.69 Å². The molecule has 178 valence electrons. The van der Waals surface area contributed by atoms with E-state index < -0.39 is 22.5 Å². The van der Waals surface area contributed by atoms with Crippen molar-refractivity contribution in [1.82, 2.24) is 9.73 Å². The summed E-state index contributed by atoms with van der Waals surface area (Å²) in [5.74, 6) is -0.557. The van der Waals surface area contributed by atoms with Crippen molar-refractivity contribution < 1.29 is 13.2 Å². The standard InChI is InChI=1S/C25H27ClN4O3S/c1-19-7-13-24(14-8-19)34(32,33)30(17-21-5-4-6-22(26)15-21)18-25(31)28-27-16-20-9-11-23(12-10-20)29(2)3/h4-16H,17-18H2,1-3H3,(H,28,31)/b27-16-. The van der Waals surface area contributed by atoms with E-state index in [2.05, 4.69) is 10.5 Å². The number of amides is 1. The Morgan fingerprint density at radius 1 is 1.03 bits per heavy atom. The lowest BCUT2D eigenvalue weighted by atomic mass is 10.2. The Labute approximate surface area is 205 Å². The molecule has 0 saturated carbocycles. The van der Waals surface area contributed by atoms with E-state index in [1.807, 2.05) is 50.2 Å². The highest BCUT2D eigenvalue weighted by atomic mass is 35.5. The molecular weight excluding hydrogens is 472 g/mol. The van der Waals surface area contributed by atoms with Crippen molar-refractivity contribution in [3.05, 3.63) is 94.5 Å². The van der Waals surface area contributed by atoms with Gasteiger partial charge in [0.25, 0.3) is 5.91 Å². The zero-order chi connectivity index (χ0) is 24.7. The molecule has 3 aromatic rings. The molecule has 34 heavy (non-hydrogen) atoms. The van der Waals surface area contributed by atoms with Gasteiger partial charge < -0.3 is 4.90 Å². The molecule has 0 bridgehead atoms. The predicted octanol–water partition coefficient (Wildman–Crippen LogP) is 4.06. The minimum atomic E-state index is -3.94. The Kier molecular flexibility index (Phi) is 8.44. The normalized spacial score (nSPS) is 11.7. The summed E-state index contributed by atoms with van der Waals surface area (Å²) in [5.41, 5.74) is 5.86. The van der Waals surface area contributed by atoms with Gasteiger partial charge in [0.05, 0.1) is 17.7 Å². The third kappa shape index (κ3) is 6.90. The summed E-state index contributed by atoms with van der Waals surface area (Å²) >= 11 is 6.07. The second-order valence-corrected chi connectivity index (χ2v) is 10.4. The molecule has 7 nitrogen and oxygen atoms in total. The highest BCUT2D eigenvalue weighted by Gasteiger charge is 2.27. The highest BCUT2D eigenvalue weighted by molar-refractivity contribution is 7.89. The van der Waals surface area contributed by atoms with E-state index in [9.17, 15) is 13.2 Å². The van der Waals surface area contributed by atoms with E-state index in [0.29, 0.717) is 10.6 Å². The number of hydrogen-bond donors (Lipinski definition) is 1. The quantitative estimate of drug-likeness (QED) is 0.356. The molecule has 0 aromatic heterocycles. The largest absolute Gasteiger partial charge is 0.378 e. The number of hydrogen-bond acceptors (Lipinski definition) is 5. The average Bonchev–Trinajstić information content (AvgIpc) is 2.79. The number of benzene rings is 3. The Hall–Kier alpha value is -3.20. The molecule has 0 radical (unpaired) electrons. The number of carbonyl (C=O) groups is 1. The van der Waals surface area contributed by atoms with Crippen LogP contribution in [0.1, 0.15) is 16.7 Å². The molecule has 0 aliphatic rings. The van der Waals surface area contributed by atoms with Gasteiger partial charge >= 0.3 is 0 Å². The summed E-state index contributed by atoms with van der Waals surface area (Å²) in [6.07, 6.45) is 1.51. The molecule has 0 atom stereocenters. The molecule has 1 amide bonds. The van der Waals surface area contributed by atoms with Gasteiger partial charge in [-0.25, -0.2) is 13.8 Å². The van der Waals surface area contributed by atoms with Gasteiger partial charge in [0.1, 0.15) is 0 Å². The van der Waals surface area contributed by atoms with Gasteiger partial charge in [-0.2, -0.15) is 9.41 Å². The molecule has 0 saturated heterocycles. The second-order valence-electron chi connectivity index (χ2n) is 8.00. The molecule has 0 heterocycles. The molecule has 3 aromatic carbocycles. The smallest absolute Gasteiger partial charge is 0.255 e. The van der Waals surface area contributed by atoms with E-state index in [0.717, 1.165) is 21.1 Å². The van der Waals surface area contributed by atoms with E-state index in [1.54, 1.807) is 36.4 Å². The highest BCUT2D eigenvalue weighted by Crippen LogP contribution is 2.20. The minimum Gasteiger partial charge on any atom is -0.378 e. The summed E-state index contributed by atoms with van der Waals surface area (Å²) in [4.78, 5) is 14.7. The van der Waals surface area contributed by atoms with Crippen LogP contribution in [0.2, 0.25) is 5.02 Å². The number of aryl methyl sites for hydroxylation is 1. The minimum absolute atomic E-state index is 0.0140. The van der Waals surface area contributed by atoms with Crippen molar-refractivity contribution in [3.8, 4) is 0 Å². The Bertz CT molecular complexity index is 1260. The molecular formula is C25H27ClN4O3S. The Balaban J connectivity index is 1.76. The third-order valence-electron chi connectivity index (χ3n) is 5.04. The van der Waals surface area contributed by atoms with Crippen LogP contribution in [0.25, 0.3) is 0 Å². The van der Waals surface area contributed by atoms with Gasteiger partial charge in [0, 0.05) is 31.4 Å². The van der Waals surface area contributed by atoms with Crippen LogP contribution in [0.3, 0.4) is 0 Å². The van der Waals surface area contributed by atoms with Crippen molar-refractivity contribution in [1.29, 1.82) is 0 Å². The SMILES string of the molecule is Cc1ccc(S(=O)(=O)N(CC(=O)N/N=C\c2ccc(N(C)C)cc2)Cc2cccc(Cl)c2)cc1. The first kappa shape index (κ1) is 25.4. The maximum atomic E-state index is 13.3. The second kappa shape index (κ2) is 11.3. The fourth-order valence-electron chi connectivity index (χ4n) is 3.16. The lowest BCUT2D eigenvalue weighted by Gasteiger charge is -2.21. The fourth-order valence-corrected chi connectivity index (χ4v) is 4.75. The fraction of sp³-hybridized carbons (Fsp3) is 0.200. The van der Waals surface area contributed by atoms with Crippen molar-refractivity contribution in [3.63, 3.8) is 0 Å². The van der Waals surface area contributed by atoms with Crippen LogP contribution < -0.4 is 10.3 Å². The topological polar surface area (TPSA) is 82.1 Å². The molecule has 0 aliphatic carbocycles. The van der Waals surface area contributed by atoms with Crippen LogP contribution >= 0.6 is 11.6 Å². The zero-order valence-electron chi connectivity index (χ0n) is 19.3. The van der Waals surface area contributed by atoms with Gasteiger partial charge in [-0.15, -0.1) is 0 Å². The lowest BCUT2D eigenvalue weighted by Crippen LogP contribution is -2.39. The number of carbonyl (C=O) groups excluding carboxylic acids is 1. The van der Waals surface area contributed by atoms with E-state index in [-0.39, 0.29) is 11.4 Å². The summed E-state index contributed by atoms with van der Waals surface area (Å²) in [6.45, 7) is 1.46. The number of sulfonamides is 1. The first-order chi connectivity index (χ1) is 16.1. The Morgan fingerprint density at radius 2 is 1.71 bits per heavy atom. The summed E-state index contributed by atoms with van der Waals surface area (Å²) in [5, 5.41) is 4.46. The third-order valence-corrected chi connectivity index (χ3v) is 7.08. The number of hydrazone groups is 1. The molecule has 0 unspecified atom stereocenters. The number of anilines is 1.